The lowest BCUT2D eigenvalue weighted by Gasteiger charge is -2.14. The maximum atomic E-state index is 12.1. The van der Waals surface area contributed by atoms with Crippen LogP contribution in [0.3, 0.4) is 0 Å². The number of nitrogens with zero attached hydrogens (tertiary/aromatic N) is 2. The number of hydrogen-bond donors (Lipinski definition) is 2. The minimum absolute atomic E-state index is 0.0447. The monoisotopic (exact) mass is 352 g/mol. The van der Waals surface area contributed by atoms with Crippen molar-refractivity contribution in [2.45, 2.75) is 26.2 Å². The number of aromatic nitrogens is 1. The highest BCUT2D eigenvalue weighted by Gasteiger charge is 2.19. The molecule has 0 aliphatic heterocycles. The maximum Gasteiger partial charge on any atom is 0.268 e. The van der Waals surface area contributed by atoms with Gasteiger partial charge in [0.2, 0.25) is 0 Å². The average molecular weight is 352 g/mol. The molecule has 134 valence electrons. The summed E-state index contributed by atoms with van der Waals surface area (Å²) in [5.74, 6) is 0.931. The molecule has 0 saturated heterocycles. The standard InChI is InChI=1S/C19H20N4O3/c1-3-4-5-8-26-16-9-12(6-7-15(16)25-2)17-13(10-20)18(22)23-19(24)14(17)11-21/h6-7,9H,3-5,8H2,1-2H3,(H3,22,23,24). The Balaban J connectivity index is 2.58. The molecular formula is C19H20N4O3. The molecule has 3 N–H and O–H groups in total. The van der Waals surface area contributed by atoms with Crippen molar-refractivity contribution in [2.75, 3.05) is 19.5 Å². The zero-order valence-corrected chi connectivity index (χ0v) is 14.8. The lowest BCUT2D eigenvalue weighted by molar-refractivity contribution is 0.286. The number of unbranched alkanes of at least 4 members (excludes halogenated alkanes) is 2. The van der Waals surface area contributed by atoms with E-state index < -0.39 is 5.56 Å². The zero-order valence-electron chi connectivity index (χ0n) is 14.8. The largest absolute Gasteiger partial charge is 0.493 e. The Morgan fingerprint density at radius 2 is 1.88 bits per heavy atom. The summed E-state index contributed by atoms with van der Waals surface area (Å²) >= 11 is 0. The summed E-state index contributed by atoms with van der Waals surface area (Å²) < 4.78 is 11.1. The third-order valence-electron chi connectivity index (χ3n) is 3.93. The second kappa shape index (κ2) is 8.59. The van der Waals surface area contributed by atoms with Crippen LogP contribution in [-0.4, -0.2) is 18.7 Å². The molecule has 2 aromatic rings. The predicted octanol–water partition coefficient (Wildman–Crippen LogP) is 2.95. The molecule has 0 bridgehead atoms. The number of nitrogens with two attached hydrogens (primary N) is 1. The first kappa shape index (κ1) is 18.9. The number of nitrogen functional groups attached to an aromatic ring is 1. The molecule has 1 aromatic carbocycles. The van der Waals surface area contributed by atoms with E-state index in [2.05, 4.69) is 11.9 Å². The molecule has 7 heteroatoms. The van der Waals surface area contributed by atoms with Gasteiger partial charge in [0.05, 0.1) is 13.7 Å². The molecule has 1 aromatic heterocycles. The van der Waals surface area contributed by atoms with Crippen LogP contribution >= 0.6 is 0 Å². The molecule has 26 heavy (non-hydrogen) atoms. The molecule has 0 radical (unpaired) electrons. The average Bonchev–Trinajstić information content (AvgIpc) is 2.64. The zero-order chi connectivity index (χ0) is 19.1. The molecule has 0 atom stereocenters. The normalized spacial score (nSPS) is 10.0. The van der Waals surface area contributed by atoms with Crippen LogP contribution in [0.1, 0.15) is 37.3 Å². The molecule has 0 saturated carbocycles. The van der Waals surface area contributed by atoms with Crippen molar-refractivity contribution in [3.8, 4) is 34.8 Å². The topological polar surface area (TPSA) is 125 Å². The van der Waals surface area contributed by atoms with Crippen LogP contribution in [0.25, 0.3) is 11.1 Å². The van der Waals surface area contributed by atoms with Crippen molar-refractivity contribution in [3.05, 3.63) is 39.7 Å². The molecular weight excluding hydrogens is 332 g/mol. The first-order valence-corrected chi connectivity index (χ1v) is 8.24. The highest BCUT2D eigenvalue weighted by molar-refractivity contribution is 5.81. The van der Waals surface area contributed by atoms with Gasteiger partial charge in [-0.3, -0.25) is 4.79 Å². The van der Waals surface area contributed by atoms with Crippen molar-refractivity contribution < 1.29 is 9.47 Å². The molecule has 1 heterocycles. The van der Waals surface area contributed by atoms with Gasteiger partial charge in [-0.1, -0.05) is 25.8 Å². The van der Waals surface area contributed by atoms with Gasteiger partial charge in [-0.05, 0) is 24.1 Å². The van der Waals surface area contributed by atoms with Crippen LogP contribution in [0.2, 0.25) is 0 Å². The SMILES string of the molecule is CCCCCOc1cc(-c2c(C#N)c(N)[nH]c(=O)c2C#N)ccc1OC. The van der Waals surface area contributed by atoms with E-state index in [0.29, 0.717) is 23.7 Å². The van der Waals surface area contributed by atoms with E-state index in [1.54, 1.807) is 18.2 Å². The summed E-state index contributed by atoms with van der Waals surface area (Å²) in [4.78, 5) is 14.4. The third kappa shape index (κ3) is 3.79. The molecule has 0 aliphatic rings. The fraction of sp³-hybridized carbons (Fsp3) is 0.316. The summed E-state index contributed by atoms with van der Waals surface area (Å²) in [6.07, 6.45) is 3.02. The number of methoxy groups -OCH3 is 1. The Hall–Kier alpha value is -3.45. The number of nitrogens with one attached hydrogen (secondary N) is 1. The van der Waals surface area contributed by atoms with Gasteiger partial charge in [0.1, 0.15) is 29.1 Å². The number of hydrogen-bond acceptors (Lipinski definition) is 6. The third-order valence-corrected chi connectivity index (χ3v) is 3.93. The van der Waals surface area contributed by atoms with Crippen LogP contribution in [0.4, 0.5) is 5.82 Å². The van der Waals surface area contributed by atoms with Crippen molar-refractivity contribution in [1.29, 1.82) is 10.5 Å². The van der Waals surface area contributed by atoms with Gasteiger partial charge in [-0.15, -0.1) is 0 Å². The second-order valence-corrected chi connectivity index (χ2v) is 5.64. The summed E-state index contributed by atoms with van der Waals surface area (Å²) in [5.41, 5.74) is 5.68. The Morgan fingerprint density at radius 3 is 2.50 bits per heavy atom. The molecule has 2 rings (SSSR count). The first-order valence-electron chi connectivity index (χ1n) is 8.24. The van der Waals surface area contributed by atoms with Crippen LogP contribution < -0.4 is 20.8 Å². The highest BCUT2D eigenvalue weighted by atomic mass is 16.5. The lowest BCUT2D eigenvalue weighted by Crippen LogP contribution is -2.16. The van der Waals surface area contributed by atoms with Crippen LogP contribution in [0.15, 0.2) is 23.0 Å². The van der Waals surface area contributed by atoms with Crippen LogP contribution in [0, 0.1) is 22.7 Å². The highest BCUT2D eigenvalue weighted by Crippen LogP contribution is 2.35. The van der Waals surface area contributed by atoms with Crippen molar-refractivity contribution in [1.82, 2.24) is 4.98 Å². The van der Waals surface area contributed by atoms with Gasteiger partial charge in [0.25, 0.3) is 5.56 Å². The van der Waals surface area contributed by atoms with E-state index in [1.807, 2.05) is 12.1 Å². The molecule has 0 unspecified atom stereocenters. The number of rotatable bonds is 7. The minimum atomic E-state index is -0.639. The first-order chi connectivity index (χ1) is 12.6. The number of H-pyrrole nitrogens is 1. The Bertz CT molecular complexity index is 936. The van der Waals surface area contributed by atoms with Crippen molar-refractivity contribution in [2.24, 2.45) is 0 Å². The molecule has 0 fully saturated rings. The van der Waals surface area contributed by atoms with Gasteiger partial charge in [-0.25, -0.2) is 0 Å². The van der Waals surface area contributed by atoms with E-state index in [-0.39, 0.29) is 22.5 Å². The smallest absolute Gasteiger partial charge is 0.268 e. The number of pyridine rings is 1. The van der Waals surface area contributed by atoms with Gasteiger partial charge >= 0.3 is 0 Å². The fourth-order valence-electron chi connectivity index (χ4n) is 2.61. The Kier molecular flexibility index (Phi) is 6.24. The minimum Gasteiger partial charge on any atom is -0.493 e. The number of aromatic amines is 1. The van der Waals surface area contributed by atoms with Crippen molar-refractivity contribution >= 4 is 5.82 Å². The van der Waals surface area contributed by atoms with E-state index in [9.17, 15) is 15.3 Å². The Morgan fingerprint density at radius 1 is 1.15 bits per heavy atom. The fourth-order valence-corrected chi connectivity index (χ4v) is 2.61. The van der Waals surface area contributed by atoms with Gasteiger partial charge in [0.15, 0.2) is 11.5 Å². The van der Waals surface area contributed by atoms with Gasteiger partial charge in [0, 0.05) is 5.56 Å². The number of anilines is 1. The van der Waals surface area contributed by atoms with Gasteiger partial charge in [-0.2, -0.15) is 10.5 Å². The van der Waals surface area contributed by atoms with E-state index in [1.165, 1.54) is 7.11 Å². The van der Waals surface area contributed by atoms with E-state index in [4.69, 9.17) is 15.2 Å². The van der Waals surface area contributed by atoms with Gasteiger partial charge < -0.3 is 20.2 Å². The summed E-state index contributed by atoms with van der Waals surface area (Å²) in [7, 11) is 1.53. The molecule has 0 amide bonds. The quantitative estimate of drug-likeness (QED) is 0.738. The second-order valence-electron chi connectivity index (χ2n) is 5.64. The van der Waals surface area contributed by atoms with E-state index in [0.717, 1.165) is 19.3 Å². The summed E-state index contributed by atoms with van der Waals surface area (Å²) in [6, 6.07) is 8.79. The maximum absolute atomic E-state index is 12.1. The number of nitriles is 2. The summed E-state index contributed by atoms with van der Waals surface area (Å²) in [6.45, 7) is 2.62. The molecule has 7 nitrogen and oxygen atoms in total. The Labute approximate surface area is 151 Å². The van der Waals surface area contributed by atoms with Crippen LogP contribution in [-0.2, 0) is 0 Å². The number of benzene rings is 1. The lowest BCUT2D eigenvalue weighted by atomic mass is 9.96. The van der Waals surface area contributed by atoms with E-state index >= 15 is 0 Å². The van der Waals surface area contributed by atoms with Crippen molar-refractivity contribution in [3.63, 3.8) is 0 Å². The molecule has 0 aliphatic carbocycles. The summed E-state index contributed by atoms with van der Waals surface area (Å²) in [5, 5.41) is 18.8. The predicted molar refractivity (Wildman–Crippen MR) is 97.9 cm³/mol. The number of ether oxygens (including phenoxy) is 2. The molecule has 0 spiro atoms. The van der Waals surface area contributed by atoms with Crippen LogP contribution in [0.5, 0.6) is 11.5 Å².